The lowest BCUT2D eigenvalue weighted by Gasteiger charge is -2.06. The predicted octanol–water partition coefficient (Wildman–Crippen LogP) is 1.87. The number of aromatic nitrogens is 3. The molecule has 0 aliphatic heterocycles. The van der Waals surface area contributed by atoms with E-state index in [0.29, 0.717) is 13.0 Å². The van der Waals surface area contributed by atoms with E-state index < -0.39 is 0 Å². The molecule has 0 saturated carbocycles. The highest BCUT2D eigenvalue weighted by Gasteiger charge is 2.03. The molecule has 0 atom stereocenters. The fourth-order valence-electron chi connectivity index (χ4n) is 1.66. The fraction of sp³-hybridized carbons (Fsp3) is 0.308. The molecule has 18 heavy (non-hydrogen) atoms. The van der Waals surface area contributed by atoms with Gasteiger partial charge in [0.05, 0.1) is 6.54 Å². The molecule has 5 heteroatoms. The number of hydrogen-bond acceptors (Lipinski definition) is 3. The van der Waals surface area contributed by atoms with Crippen LogP contribution in [0, 0.1) is 0 Å². The van der Waals surface area contributed by atoms with E-state index in [1.165, 1.54) is 11.9 Å². The highest BCUT2D eigenvalue weighted by atomic mass is 16.1. The largest absolute Gasteiger partial charge is 0.326 e. The lowest BCUT2D eigenvalue weighted by molar-refractivity contribution is -0.116. The third kappa shape index (κ3) is 3.41. The summed E-state index contributed by atoms with van der Waals surface area (Å²) < 4.78 is 1.64. The normalized spacial score (nSPS) is 10.3. The second kappa shape index (κ2) is 5.95. The Morgan fingerprint density at radius 2 is 2.33 bits per heavy atom. The number of nitrogens with zero attached hydrogens (tertiary/aromatic N) is 3. The Hall–Kier alpha value is -2.17. The summed E-state index contributed by atoms with van der Waals surface area (Å²) in [7, 11) is 0. The van der Waals surface area contributed by atoms with Crippen molar-refractivity contribution in [3.8, 4) is 0 Å². The van der Waals surface area contributed by atoms with Gasteiger partial charge in [0, 0.05) is 12.1 Å². The molecule has 5 nitrogen and oxygen atoms in total. The summed E-state index contributed by atoms with van der Waals surface area (Å²) in [5.41, 5.74) is 2.06. The lowest BCUT2D eigenvalue weighted by atomic mass is 10.1. The highest BCUT2D eigenvalue weighted by molar-refractivity contribution is 5.90. The molecule has 0 spiro atoms. The van der Waals surface area contributed by atoms with Crippen LogP contribution in [0.15, 0.2) is 36.9 Å². The Kier molecular flexibility index (Phi) is 4.06. The van der Waals surface area contributed by atoms with E-state index in [1.54, 1.807) is 11.0 Å². The molecule has 2 rings (SSSR count). The van der Waals surface area contributed by atoms with Crippen molar-refractivity contribution in [2.75, 3.05) is 5.32 Å². The van der Waals surface area contributed by atoms with E-state index in [2.05, 4.69) is 22.3 Å². The van der Waals surface area contributed by atoms with E-state index in [4.69, 9.17) is 0 Å². The first kappa shape index (κ1) is 12.3. The van der Waals surface area contributed by atoms with Crippen LogP contribution in [-0.2, 0) is 17.8 Å². The second-order valence-electron chi connectivity index (χ2n) is 4.01. The summed E-state index contributed by atoms with van der Waals surface area (Å²) in [6, 6.07) is 7.89. The summed E-state index contributed by atoms with van der Waals surface area (Å²) in [5.74, 6) is -0.0150. The van der Waals surface area contributed by atoms with Gasteiger partial charge >= 0.3 is 0 Å². The van der Waals surface area contributed by atoms with Crippen LogP contribution in [0.3, 0.4) is 0 Å². The van der Waals surface area contributed by atoms with Crippen molar-refractivity contribution in [3.63, 3.8) is 0 Å². The Balaban J connectivity index is 1.86. The van der Waals surface area contributed by atoms with Crippen molar-refractivity contribution in [1.29, 1.82) is 0 Å². The number of benzene rings is 1. The summed E-state index contributed by atoms with van der Waals surface area (Å²) in [4.78, 5) is 15.6. The minimum atomic E-state index is -0.0150. The third-order valence-corrected chi connectivity index (χ3v) is 2.65. The molecule has 0 unspecified atom stereocenters. The SMILES string of the molecule is CCc1cccc(NC(=O)CCn2cncn2)c1. The number of hydrogen-bond donors (Lipinski definition) is 1. The van der Waals surface area contributed by atoms with Crippen LogP contribution >= 0.6 is 0 Å². The van der Waals surface area contributed by atoms with Crippen molar-refractivity contribution in [2.24, 2.45) is 0 Å². The number of carbonyl (C=O) groups is 1. The van der Waals surface area contributed by atoms with Crippen molar-refractivity contribution >= 4 is 11.6 Å². The highest BCUT2D eigenvalue weighted by Crippen LogP contribution is 2.11. The van der Waals surface area contributed by atoms with Gasteiger partial charge in [-0.1, -0.05) is 19.1 Å². The summed E-state index contributed by atoms with van der Waals surface area (Å²) in [5, 5.41) is 6.83. The standard InChI is InChI=1S/C13H16N4O/c1-2-11-4-3-5-12(8-11)16-13(18)6-7-17-10-14-9-15-17/h3-5,8-10H,2,6-7H2,1H3,(H,16,18). The molecule has 1 heterocycles. The molecule has 2 aromatic rings. The first-order chi connectivity index (χ1) is 8.78. The molecule has 1 N–H and O–H groups in total. The molecular weight excluding hydrogens is 228 g/mol. The maximum Gasteiger partial charge on any atom is 0.226 e. The summed E-state index contributed by atoms with van der Waals surface area (Å²) in [6.45, 7) is 2.63. The molecular formula is C13H16N4O. The fourth-order valence-corrected chi connectivity index (χ4v) is 1.66. The zero-order valence-electron chi connectivity index (χ0n) is 10.3. The van der Waals surface area contributed by atoms with Gasteiger partial charge in [-0.2, -0.15) is 5.10 Å². The van der Waals surface area contributed by atoms with Gasteiger partial charge in [0.2, 0.25) is 5.91 Å². The summed E-state index contributed by atoms with van der Waals surface area (Å²) in [6.07, 6.45) is 4.41. The molecule has 0 bridgehead atoms. The number of carbonyl (C=O) groups excluding carboxylic acids is 1. The summed E-state index contributed by atoms with van der Waals surface area (Å²) >= 11 is 0. The Morgan fingerprint density at radius 3 is 3.06 bits per heavy atom. The van der Waals surface area contributed by atoms with Gasteiger partial charge in [-0.05, 0) is 24.1 Å². The number of amides is 1. The number of nitrogens with one attached hydrogen (secondary N) is 1. The van der Waals surface area contributed by atoms with Crippen LogP contribution < -0.4 is 5.32 Å². The Morgan fingerprint density at radius 1 is 1.44 bits per heavy atom. The van der Waals surface area contributed by atoms with Crippen LogP contribution in [0.4, 0.5) is 5.69 Å². The first-order valence-corrected chi connectivity index (χ1v) is 5.99. The van der Waals surface area contributed by atoms with Gasteiger partial charge in [-0.25, -0.2) is 4.98 Å². The number of rotatable bonds is 5. The average molecular weight is 244 g/mol. The van der Waals surface area contributed by atoms with E-state index in [-0.39, 0.29) is 5.91 Å². The molecule has 0 radical (unpaired) electrons. The van der Waals surface area contributed by atoms with Gasteiger partial charge in [0.25, 0.3) is 0 Å². The smallest absolute Gasteiger partial charge is 0.226 e. The van der Waals surface area contributed by atoms with Crippen molar-refractivity contribution in [3.05, 3.63) is 42.5 Å². The van der Waals surface area contributed by atoms with Crippen LogP contribution in [0.1, 0.15) is 18.9 Å². The molecule has 1 amide bonds. The van der Waals surface area contributed by atoms with Crippen LogP contribution in [0.25, 0.3) is 0 Å². The Bertz CT molecular complexity index is 507. The zero-order chi connectivity index (χ0) is 12.8. The molecule has 0 aliphatic carbocycles. The van der Waals surface area contributed by atoms with E-state index in [1.807, 2.05) is 24.3 Å². The quantitative estimate of drug-likeness (QED) is 0.873. The molecule has 0 saturated heterocycles. The van der Waals surface area contributed by atoms with E-state index >= 15 is 0 Å². The molecule has 1 aromatic carbocycles. The lowest BCUT2D eigenvalue weighted by Crippen LogP contribution is -2.14. The molecule has 94 valence electrons. The van der Waals surface area contributed by atoms with E-state index in [9.17, 15) is 4.79 Å². The maximum atomic E-state index is 11.7. The minimum Gasteiger partial charge on any atom is -0.326 e. The molecule has 0 aliphatic rings. The first-order valence-electron chi connectivity index (χ1n) is 5.99. The van der Waals surface area contributed by atoms with Crippen LogP contribution in [0.2, 0.25) is 0 Å². The van der Waals surface area contributed by atoms with Gasteiger partial charge in [-0.3, -0.25) is 9.48 Å². The molecule has 1 aromatic heterocycles. The van der Waals surface area contributed by atoms with Crippen molar-refractivity contribution in [2.45, 2.75) is 26.3 Å². The van der Waals surface area contributed by atoms with Crippen LogP contribution in [0.5, 0.6) is 0 Å². The molecule has 0 fully saturated rings. The number of aryl methyl sites for hydroxylation is 2. The third-order valence-electron chi connectivity index (χ3n) is 2.65. The Labute approximate surface area is 106 Å². The average Bonchev–Trinajstić information content (AvgIpc) is 2.90. The van der Waals surface area contributed by atoms with Gasteiger partial charge < -0.3 is 5.32 Å². The van der Waals surface area contributed by atoms with Gasteiger partial charge in [-0.15, -0.1) is 0 Å². The van der Waals surface area contributed by atoms with Crippen molar-refractivity contribution < 1.29 is 4.79 Å². The van der Waals surface area contributed by atoms with Gasteiger partial charge in [0.15, 0.2) is 0 Å². The number of anilines is 1. The minimum absolute atomic E-state index is 0.0150. The topological polar surface area (TPSA) is 59.8 Å². The monoisotopic (exact) mass is 244 g/mol. The second-order valence-corrected chi connectivity index (χ2v) is 4.01. The van der Waals surface area contributed by atoms with E-state index in [0.717, 1.165) is 12.1 Å². The zero-order valence-corrected chi connectivity index (χ0v) is 10.3. The predicted molar refractivity (Wildman–Crippen MR) is 69.1 cm³/mol. The van der Waals surface area contributed by atoms with Crippen LogP contribution in [-0.4, -0.2) is 20.7 Å². The maximum absolute atomic E-state index is 11.7. The van der Waals surface area contributed by atoms with Crippen molar-refractivity contribution in [1.82, 2.24) is 14.8 Å². The van der Waals surface area contributed by atoms with Gasteiger partial charge in [0.1, 0.15) is 12.7 Å².